The van der Waals surface area contributed by atoms with Crippen LogP contribution >= 0.6 is 15.9 Å². The van der Waals surface area contributed by atoms with E-state index in [0.29, 0.717) is 6.42 Å². The molecule has 0 N–H and O–H groups in total. The second kappa shape index (κ2) is 5.02. The Morgan fingerprint density at radius 1 is 1.50 bits per heavy atom. The minimum absolute atomic E-state index is 0.552. The third-order valence-electron chi connectivity index (χ3n) is 2.07. The summed E-state index contributed by atoms with van der Waals surface area (Å²) in [6.07, 6.45) is 0.552. The average Bonchev–Trinajstić information content (AvgIpc) is 2.14. The van der Waals surface area contributed by atoms with Crippen LogP contribution in [-0.4, -0.2) is 13.6 Å². The zero-order valence-electron chi connectivity index (χ0n) is 8.42. The van der Waals surface area contributed by atoms with E-state index in [-0.39, 0.29) is 0 Å². The average molecular weight is 253 g/mol. The first-order valence-electron chi connectivity index (χ1n) is 4.49. The molecule has 0 fully saturated rings. The molecule has 0 radical (unpaired) electrons. The number of benzene rings is 1. The Labute approximate surface area is 93.3 Å². The Morgan fingerprint density at radius 3 is 2.79 bits per heavy atom. The predicted molar refractivity (Wildman–Crippen MR) is 62.4 cm³/mol. The number of hydrogen-bond donors (Lipinski definition) is 0. The van der Waals surface area contributed by atoms with E-state index in [9.17, 15) is 0 Å². The van der Waals surface area contributed by atoms with Gasteiger partial charge in [0.1, 0.15) is 0 Å². The molecule has 0 aliphatic rings. The molecular weight excluding hydrogens is 240 g/mol. The maximum Gasteiger partial charge on any atom is 0.0640 e. The smallest absolute Gasteiger partial charge is 0.0640 e. The lowest BCUT2D eigenvalue weighted by atomic mass is 10.2. The quantitative estimate of drug-likeness (QED) is 0.827. The molecule has 0 saturated carbocycles. The topological polar surface area (TPSA) is 27.0 Å². The summed E-state index contributed by atoms with van der Waals surface area (Å²) in [6.45, 7) is 2.82. The maximum absolute atomic E-state index is 8.49. The Morgan fingerprint density at radius 2 is 2.21 bits per heavy atom. The van der Waals surface area contributed by atoms with Crippen molar-refractivity contribution in [3.63, 3.8) is 0 Å². The molecule has 0 aliphatic heterocycles. The van der Waals surface area contributed by atoms with E-state index in [1.807, 2.05) is 7.05 Å². The number of hydrogen-bond acceptors (Lipinski definition) is 2. The molecule has 74 valence electrons. The third-order valence-corrected chi connectivity index (χ3v) is 2.71. The van der Waals surface area contributed by atoms with Crippen LogP contribution in [0.5, 0.6) is 0 Å². The second-order valence-corrected chi connectivity index (χ2v) is 4.14. The largest absolute Gasteiger partial charge is 0.373 e. The summed E-state index contributed by atoms with van der Waals surface area (Å²) in [4.78, 5) is 2.08. The summed E-state index contributed by atoms with van der Waals surface area (Å²) in [5, 5.41) is 8.49. The van der Waals surface area contributed by atoms with Crippen molar-refractivity contribution in [3.8, 4) is 6.07 Å². The Bertz CT molecular complexity index is 355. The minimum Gasteiger partial charge on any atom is -0.373 e. The Kier molecular flexibility index (Phi) is 3.97. The van der Waals surface area contributed by atoms with Crippen molar-refractivity contribution in [2.75, 3.05) is 18.5 Å². The fraction of sp³-hybridized carbons (Fsp3) is 0.364. The Balaban J connectivity index is 2.80. The predicted octanol–water partition coefficient (Wildman–Crippen LogP) is 3.11. The molecule has 0 aromatic heterocycles. The van der Waals surface area contributed by atoms with Crippen molar-refractivity contribution in [3.05, 3.63) is 28.2 Å². The zero-order chi connectivity index (χ0) is 10.6. The van der Waals surface area contributed by atoms with Gasteiger partial charge in [0.05, 0.1) is 18.2 Å². The third kappa shape index (κ3) is 2.74. The van der Waals surface area contributed by atoms with Crippen LogP contribution in [0, 0.1) is 18.3 Å². The van der Waals surface area contributed by atoms with Crippen LogP contribution in [0.4, 0.5) is 5.69 Å². The maximum atomic E-state index is 8.49. The van der Waals surface area contributed by atoms with Crippen LogP contribution in [-0.2, 0) is 0 Å². The van der Waals surface area contributed by atoms with Crippen LogP contribution in [0.2, 0.25) is 0 Å². The van der Waals surface area contributed by atoms with Gasteiger partial charge in [-0.2, -0.15) is 5.26 Å². The summed E-state index contributed by atoms with van der Waals surface area (Å²) in [5.74, 6) is 0. The lowest BCUT2D eigenvalue weighted by Crippen LogP contribution is -2.18. The van der Waals surface area contributed by atoms with E-state index in [0.717, 1.165) is 16.7 Å². The summed E-state index contributed by atoms with van der Waals surface area (Å²) >= 11 is 3.52. The molecule has 0 aliphatic carbocycles. The number of aryl methyl sites for hydroxylation is 1. The highest BCUT2D eigenvalue weighted by molar-refractivity contribution is 9.10. The molecule has 1 aromatic carbocycles. The van der Waals surface area contributed by atoms with Gasteiger partial charge in [-0.3, -0.25) is 0 Å². The first-order valence-corrected chi connectivity index (χ1v) is 5.28. The molecule has 14 heavy (non-hydrogen) atoms. The van der Waals surface area contributed by atoms with Crippen LogP contribution in [0.25, 0.3) is 0 Å². The fourth-order valence-electron chi connectivity index (χ4n) is 1.26. The molecule has 0 atom stereocenters. The fourth-order valence-corrected chi connectivity index (χ4v) is 2.06. The Hall–Kier alpha value is -1.01. The van der Waals surface area contributed by atoms with Crippen molar-refractivity contribution in [2.45, 2.75) is 13.3 Å². The van der Waals surface area contributed by atoms with Crippen molar-refractivity contribution in [1.82, 2.24) is 0 Å². The highest BCUT2D eigenvalue weighted by atomic mass is 79.9. The van der Waals surface area contributed by atoms with Gasteiger partial charge in [0.25, 0.3) is 0 Å². The van der Waals surface area contributed by atoms with E-state index in [1.54, 1.807) is 0 Å². The van der Waals surface area contributed by atoms with Crippen LogP contribution in [0.3, 0.4) is 0 Å². The van der Waals surface area contributed by atoms with Gasteiger partial charge in [-0.15, -0.1) is 0 Å². The highest BCUT2D eigenvalue weighted by Crippen LogP contribution is 2.26. The molecule has 0 unspecified atom stereocenters. The molecule has 3 heteroatoms. The molecule has 2 nitrogen and oxygen atoms in total. The monoisotopic (exact) mass is 252 g/mol. The first-order chi connectivity index (χ1) is 6.65. The van der Waals surface area contributed by atoms with E-state index in [2.05, 4.69) is 52.0 Å². The van der Waals surface area contributed by atoms with Gasteiger partial charge in [-0.05, 0) is 40.5 Å². The van der Waals surface area contributed by atoms with Crippen molar-refractivity contribution < 1.29 is 0 Å². The summed E-state index contributed by atoms with van der Waals surface area (Å²) in [7, 11) is 1.99. The number of halogens is 1. The molecule has 0 amide bonds. The number of nitriles is 1. The van der Waals surface area contributed by atoms with Crippen LogP contribution < -0.4 is 4.90 Å². The second-order valence-electron chi connectivity index (χ2n) is 3.28. The van der Waals surface area contributed by atoms with Crippen molar-refractivity contribution in [2.24, 2.45) is 0 Å². The molecule has 0 spiro atoms. The SMILES string of the molecule is Cc1ccc(N(C)CCC#N)c(Br)c1. The van der Waals surface area contributed by atoms with Gasteiger partial charge in [-0.25, -0.2) is 0 Å². The van der Waals surface area contributed by atoms with Crippen molar-refractivity contribution in [1.29, 1.82) is 5.26 Å². The normalized spacial score (nSPS) is 9.57. The number of anilines is 1. The molecule has 0 saturated heterocycles. The standard InChI is InChI=1S/C11H13BrN2/c1-9-4-5-11(10(12)8-9)14(2)7-3-6-13/h4-5,8H,3,7H2,1-2H3. The van der Waals surface area contributed by atoms with Crippen LogP contribution in [0.1, 0.15) is 12.0 Å². The van der Waals surface area contributed by atoms with Gasteiger partial charge in [0.15, 0.2) is 0 Å². The molecular formula is C11H13BrN2. The lowest BCUT2D eigenvalue weighted by molar-refractivity contribution is 0.902. The number of rotatable bonds is 3. The number of nitrogens with zero attached hydrogens (tertiary/aromatic N) is 2. The first kappa shape index (κ1) is 11.1. The molecule has 0 bridgehead atoms. The van der Waals surface area contributed by atoms with E-state index in [1.165, 1.54) is 5.56 Å². The zero-order valence-corrected chi connectivity index (χ0v) is 10.0. The highest BCUT2D eigenvalue weighted by Gasteiger charge is 2.04. The van der Waals surface area contributed by atoms with Gasteiger partial charge in [-0.1, -0.05) is 6.07 Å². The van der Waals surface area contributed by atoms with E-state index < -0.39 is 0 Å². The lowest BCUT2D eigenvalue weighted by Gasteiger charge is -2.19. The van der Waals surface area contributed by atoms with Crippen molar-refractivity contribution >= 4 is 21.6 Å². The van der Waals surface area contributed by atoms with E-state index in [4.69, 9.17) is 5.26 Å². The molecule has 1 aromatic rings. The summed E-state index contributed by atoms with van der Waals surface area (Å²) in [6, 6.07) is 8.36. The molecule has 1 rings (SSSR count). The van der Waals surface area contributed by atoms with Gasteiger partial charge in [0, 0.05) is 18.1 Å². The van der Waals surface area contributed by atoms with Gasteiger partial charge in [0.2, 0.25) is 0 Å². The van der Waals surface area contributed by atoms with Gasteiger partial charge < -0.3 is 4.90 Å². The van der Waals surface area contributed by atoms with Crippen LogP contribution in [0.15, 0.2) is 22.7 Å². The summed E-state index contributed by atoms with van der Waals surface area (Å²) in [5.41, 5.74) is 2.36. The minimum atomic E-state index is 0.552. The van der Waals surface area contributed by atoms with E-state index >= 15 is 0 Å². The van der Waals surface area contributed by atoms with Gasteiger partial charge >= 0.3 is 0 Å². The summed E-state index contributed by atoms with van der Waals surface area (Å²) < 4.78 is 1.08. The molecule has 0 heterocycles.